The predicted molar refractivity (Wildman–Crippen MR) is 107 cm³/mol. The number of benzene rings is 2. The molecular weight excluding hydrogens is 415 g/mol. The van der Waals surface area contributed by atoms with Crippen molar-refractivity contribution in [1.82, 2.24) is 0 Å². The summed E-state index contributed by atoms with van der Waals surface area (Å²) >= 11 is 0. The van der Waals surface area contributed by atoms with Crippen molar-refractivity contribution in [2.75, 3.05) is 0 Å². The van der Waals surface area contributed by atoms with E-state index in [1.165, 1.54) is 32.7 Å². The summed E-state index contributed by atoms with van der Waals surface area (Å²) in [7, 11) is 0.750. The number of halogens is 2. The SMILES string of the molecule is C[SiH]C.Cc1cc2ccccc2[cH-]1.Cc1cc2ccccc2[cH-]1.[Cl-].[Cl-].[Cr+4]. The van der Waals surface area contributed by atoms with Crippen molar-refractivity contribution < 1.29 is 42.2 Å². The summed E-state index contributed by atoms with van der Waals surface area (Å²) in [4.78, 5) is 0. The Labute approximate surface area is 183 Å². The van der Waals surface area contributed by atoms with Gasteiger partial charge in [0.15, 0.2) is 0 Å². The van der Waals surface area contributed by atoms with Crippen LogP contribution in [0, 0.1) is 13.8 Å². The van der Waals surface area contributed by atoms with Gasteiger partial charge in [0.1, 0.15) is 0 Å². The van der Waals surface area contributed by atoms with Gasteiger partial charge in [-0.1, -0.05) is 39.1 Å². The van der Waals surface area contributed by atoms with Crippen molar-refractivity contribution in [1.29, 1.82) is 0 Å². The van der Waals surface area contributed by atoms with Crippen LogP contribution in [0.25, 0.3) is 21.5 Å². The second kappa shape index (κ2) is 14.1. The Bertz CT molecular complexity index is 726. The second-order valence-electron chi connectivity index (χ2n) is 5.90. The standard InChI is InChI=1S/2C10H9.C2H7Si.2ClH.Cr/c2*1-8-6-9-4-2-3-5-10(9)7-8;1-3-2;;;/h2*2-7H,1H3;3H,1-2H3;2*1H;/q2*-1;;;;+4/p-2. The molecule has 0 saturated carbocycles. The first-order chi connectivity index (χ1) is 11.1. The molecule has 26 heavy (non-hydrogen) atoms. The van der Waals surface area contributed by atoms with E-state index in [0.29, 0.717) is 0 Å². The third-order valence-electron chi connectivity index (χ3n) is 3.52. The van der Waals surface area contributed by atoms with Gasteiger partial charge in [-0.2, -0.15) is 12.1 Å². The molecule has 0 aliphatic heterocycles. The summed E-state index contributed by atoms with van der Waals surface area (Å²) in [6.07, 6.45) is 0. The Morgan fingerprint density at radius 1 is 0.654 bits per heavy atom. The molecule has 0 spiro atoms. The quantitative estimate of drug-likeness (QED) is 0.272. The van der Waals surface area contributed by atoms with Crippen LogP contribution in [0.4, 0.5) is 0 Å². The van der Waals surface area contributed by atoms with E-state index in [1.807, 2.05) is 0 Å². The van der Waals surface area contributed by atoms with Gasteiger partial charge in [-0.15, -0.1) is 81.2 Å². The van der Waals surface area contributed by atoms with E-state index in [-0.39, 0.29) is 42.2 Å². The number of hydrogen-bond acceptors (Lipinski definition) is 0. The molecule has 0 saturated heterocycles. The molecule has 0 bridgehead atoms. The zero-order valence-corrected chi connectivity index (χ0v) is 19.6. The third kappa shape index (κ3) is 8.12. The first-order valence-electron chi connectivity index (χ1n) is 8.12. The van der Waals surface area contributed by atoms with Crippen LogP contribution >= 0.6 is 0 Å². The van der Waals surface area contributed by atoms with Crippen molar-refractivity contribution in [2.45, 2.75) is 26.9 Å². The predicted octanol–water partition coefficient (Wildman–Crippen LogP) is 0.259. The average molecular weight is 440 g/mol. The minimum Gasteiger partial charge on any atom is -1.00 e. The minimum absolute atomic E-state index is 0. The van der Waals surface area contributed by atoms with Crippen molar-refractivity contribution in [3.8, 4) is 0 Å². The van der Waals surface area contributed by atoms with Crippen LogP contribution in [0.5, 0.6) is 0 Å². The summed E-state index contributed by atoms with van der Waals surface area (Å²) in [6.45, 7) is 8.67. The maximum absolute atomic E-state index is 2.21. The Hall–Kier alpha value is -1.01. The topological polar surface area (TPSA) is 0 Å². The van der Waals surface area contributed by atoms with Gasteiger partial charge in [0, 0.05) is 9.52 Å². The van der Waals surface area contributed by atoms with Crippen molar-refractivity contribution in [3.63, 3.8) is 0 Å². The number of fused-ring (bicyclic) bond motifs is 2. The maximum Gasteiger partial charge on any atom is 4.00 e. The summed E-state index contributed by atoms with van der Waals surface area (Å²) < 4.78 is 0. The van der Waals surface area contributed by atoms with Gasteiger partial charge < -0.3 is 24.8 Å². The van der Waals surface area contributed by atoms with Gasteiger partial charge in [-0.25, -0.2) is 0 Å². The van der Waals surface area contributed by atoms with E-state index in [1.54, 1.807) is 0 Å². The number of rotatable bonds is 0. The molecule has 4 heteroatoms. The van der Waals surface area contributed by atoms with E-state index >= 15 is 0 Å². The van der Waals surface area contributed by atoms with Crippen LogP contribution in [0.15, 0.2) is 72.8 Å². The molecule has 0 N–H and O–H groups in total. The van der Waals surface area contributed by atoms with Crippen molar-refractivity contribution in [2.24, 2.45) is 0 Å². The van der Waals surface area contributed by atoms with E-state index in [0.717, 1.165) is 9.52 Å². The molecule has 0 aromatic heterocycles. The zero-order valence-electron chi connectivity index (χ0n) is 15.7. The molecule has 1 radical (unpaired) electrons. The average Bonchev–Trinajstić information content (AvgIpc) is 3.08. The molecule has 4 aromatic rings. The summed E-state index contributed by atoms with van der Waals surface area (Å²) in [5.41, 5.74) is 2.70. The fraction of sp³-hybridized carbons (Fsp3) is 0.182. The first kappa shape index (κ1) is 27.2. The van der Waals surface area contributed by atoms with Crippen LogP contribution in [-0.4, -0.2) is 9.52 Å². The fourth-order valence-electron chi connectivity index (χ4n) is 2.61. The van der Waals surface area contributed by atoms with Crippen LogP contribution in [0.2, 0.25) is 13.1 Å². The third-order valence-corrected chi connectivity index (χ3v) is 3.52. The molecule has 0 heterocycles. The number of aryl methyl sites for hydroxylation is 2. The van der Waals surface area contributed by atoms with Gasteiger partial charge in [0.25, 0.3) is 0 Å². The Morgan fingerprint density at radius 2 is 0.962 bits per heavy atom. The summed E-state index contributed by atoms with van der Waals surface area (Å²) in [5, 5.41) is 5.39. The zero-order chi connectivity index (χ0) is 16.7. The van der Waals surface area contributed by atoms with Crippen LogP contribution in [0.3, 0.4) is 0 Å². The van der Waals surface area contributed by atoms with E-state index in [9.17, 15) is 0 Å². The summed E-state index contributed by atoms with van der Waals surface area (Å²) in [5.74, 6) is 0. The minimum atomic E-state index is 0. The normalized spacial score (nSPS) is 8.77. The van der Waals surface area contributed by atoms with Gasteiger partial charge >= 0.3 is 17.4 Å². The molecule has 0 aliphatic carbocycles. The Balaban J connectivity index is 0. The molecule has 0 nitrogen and oxygen atoms in total. The molecule has 4 rings (SSSR count). The monoisotopic (exact) mass is 439 g/mol. The summed E-state index contributed by atoms with van der Waals surface area (Å²) in [6, 6.07) is 25.7. The maximum atomic E-state index is 2.21. The fourth-order valence-corrected chi connectivity index (χ4v) is 2.61. The van der Waals surface area contributed by atoms with Gasteiger partial charge in [0.2, 0.25) is 0 Å². The van der Waals surface area contributed by atoms with E-state index in [2.05, 4.69) is 99.7 Å². The van der Waals surface area contributed by atoms with Crippen LogP contribution in [0.1, 0.15) is 11.1 Å². The molecule has 0 atom stereocenters. The van der Waals surface area contributed by atoms with Gasteiger partial charge in [-0.3, -0.25) is 0 Å². The Kier molecular flexibility index (Phi) is 14.8. The number of hydrogen-bond donors (Lipinski definition) is 0. The molecule has 4 aromatic carbocycles. The van der Waals surface area contributed by atoms with Crippen LogP contribution in [-0.2, 0) is 17.4 Å². The second-order valence-corrected chi connectivity index (χ2v) is 7.06. The Morgan fingerprint density at radius 3 is 1.27 bits per heavy atom. The van der Waals surface area contributed by atoms with Gasteiger partial charge in [0.05, 0.1) is 0 Å². The molecular formula is C22H25Cl2CrSi. The van der Waals surface area contributed by atoms with Crippen molar-refractivity contribution >= 4 is 31.1 Å². The molecule has 0 fully saturated rings. The van der Waals surface area contributed by atoms with E-state index < -0.39 is 0 Å². The van der Waals surface area contributed by atoms with Gasteiger partial charge in [-0.05, 0) is 0 Å². The van der Waals surface area contributed by atoms with Crippen LogP contribution < -0.4 is 24.8 Å². The van der Waals surface area contributed by atoms with E-state index in [4.69, 9.17) is 0 Å². The largest absolute Gasteiger partial charge is 4.00 e. The molecule has 0 unspecified atom stereocenters. The molecule has 137 valence electrons. The first-order valence-corrected chi connectivity index (χ1v) is 10.4. The smallest absolute Gasteiger partial charge is 1.00 e. The molecule has 0 amide bonds. The van der Waals surface area contributed by atoms with Crippen molar-refractivity contribution in [3.05, 3.63) is 83.9 Å². The molecule has 0 aliphatic rings.